The molecule has 6 nitrogen and oxygen atoms in total. The third-order valence-electron chi connectivity index (χ3n) is 7.63. The van der Waals surface area contributed by atoms with Crippen molar-refractivity contribution in [3.63, 3.8) is 0 Å². The maximum absolute atomic E-state index is 13.3. The number of unbranched alkanes of at least 4 members (excludes halogenated alkanes) is 4. The summed E-state index contributed by atoms with van der Waals surface area (Å²) in [5, 5.41) is 12.4. The first-order chi connectivity index (χ1) is 16.9. The molecule has 1 amide bonds. The number of benzene rings is 1. The number of aryl methyl sites for hydroxylation is 2. The fourth-order valence-electron chi connectivity index (χ4n) is 5.72. The number of phenols is 1. The lowest BCUT2D eigenvalue weighted by Crippen LogP contribution is -2.29. The smallest absolute Gasteiger partial charge is 0.251 e. The Bertz CT molecular complexity index is 1050. The van der Waals surface area contributed by atoms with E-state index in [-0.39, 0.29) is 11.5 Å². The summed E-state index contributed by atoms with van der Waals surface area (Å²) in [5.74, 6) is -0.436. The lowest BCUT2D eigenvalue weighted by molar-refractivity contribution is 0.0981. The Labute approximate surface area is 210 Å². The second-order valence-corrected chi connectivity index (χ2v) is 10.2. The van der Waals surface area contributed by atoms with E-state index in [4.69, 9.17) is 5.73 Å². The van der Waals surface area contributed by atoms with Crippen LogP contribution in [0, 0.1) is 6.92 Å². The summed E-state index contributed by atoms with van der Waals surface area (Å²) in [6, 6.07) is 0. The lowest BCUT2D eigenvalue weighted by Gasteiger charge is -2.28. The molecule has 0 bridgehead atoms. The number of Topliss-reactive ketones (excluding diaryl/α,β-unsaturated/α-hetero) is 1. The van der Waals surface area contributed by atoms with Crippen LogP contribution in [0.5, 0.6) is 5.75 Å². The molecule has 1 fully saturated rings. The van der Waals surface area contributed by atoms with Crippen LogP contribution in [0.25, 0.3) is 10.9 Å². The summed E-state index contributed by atoms with van der Waals surface area (Å²) in [6.45, 7) is 11.4. The minimum Gasteiger partial charge on any atom is -0.507 e. The number of likely N-dealkylation sites (tertiary alicyclic amines) is 1. The molecule has 0 atom stereocenters. The van der Waals surface area contributed by atoms with E-state index in [2.05, 4.69) is 23.3 Å². The van der Waals surface area contributed by atoms with Crippen LogP contribution < -0.4 is 5.73 Å². The van der Waals surface area contributed by atoms with Crippen molar-refractivity contribution in [2.24, 2.45) is 5.73 Å². The van der Waals surface area contributed by atoms with Gasteiger partial charge in [0.1, 0.15) is 5.75 Å². The summed E-state index contributed by atoms with van der Waals surface area (Å²) in [5.41, 5.74) is 10.3. The van der Waals surface area contributed by atoms with E-state index in [1.807, 2.05) is 13.8 Å². The second-order valence-electron chi connectivity index (χ2n) is 10.2. The zero-order valence-electron chi connectivity index (χ0n) is 22.3. The van der Waals surface area contributed by atoms with Crippen molar-refractivity contribution in [2.45, 2.75) is 111 Å². The normalized spacial score (nSPS) is 14.6. The molecule has 3 rings (SSSR count). The third kappa shape index (κ3) is 5.74. The molecule has 6 heteroatoms. The maximum atomic E-state index is 13.3. The first-order valence-electron chi connectivity index (χ1n) is 13.8. The molecule has 1 saturated heterocycles. The lowest BCUT2D eigenvalue weighted by atomic mass is 9.89. The zero-order valence-corrected chi connectivity index (χ0v) is 22.3. The van der Waals surface area contributed by atoms with E-state index in [9.17, 15) is 14.7 Å². The molecule has 194 valence electrons. The molecule has 2 heterocycles. The molecule has 1 aliphatic heterocycles. The third-order valence-corrected chi connectivity index (χ3v) is 7.63. The van der Waals surface area contributed by atoms with Crippen molar-refractivity contribution in [3.8, 4) is 5.75 Å². The number of aromatic hydroxyl groups is 1. The van der Waals surface area contributed by atoms with Crippen molar-refractivity contribution in [2.75, 3.05) is 13.1 Å². The summed E-state index contributed by atoms with van der Waals surface area (Å²) in [4.78, 5) is 28.4. The zero-order chi connectivity index (χ0) is 25.5. The molecular weight excluding hydrogens is 438 g/mol. The Morgan fingerprint density at radius 3 is 2.20 bits per heavy atom. The van der Waals surface area contributed by atoms with E-state index in [1.54, 1.807) is 0 Å². The first-order valence-corrected chi connectivity index (χ1v) is 13.8. The van der Waals surface area contributed by atoms with E-state index >= 15 is 0 Å². The molecule has 35 heavy (non-hydrogen) atoms. The summed E-state index contributed by atoms with van der Waals surface area (Å²) < 4.78 is 2.22. The van der Waals surface area contributed by atoms with Crippen LogP contribution in [0.1, 0.15) is 123 Å². The number of aromatic nitrogens is 1. The average molecular weight is 484 g/mol. The molecule has 1 aromatic heterocycles. The van der Waals surface area contributed by atoms with Gasteiger partial charge in [0.25, 0.3) is 5.91 Å². The maximum Gasteiger partial charge on any atom is 0.251 e. The molecule has 0 radical (unpaired) electrons. The van der Waals surface area contributed by atoms with Crippen LogP contribution in [0.15, 0.2) is 0 Å². The van der Waals surface area contributed by atoms with Gasteiger partial charge in [-0.1, -0.05) is 52.9 Å². The quantitative estimate of drug-likeness (QED) is 0.260. The van der Waals surface area contributed by atoms with Gasteiger partial charge in [0, 0.05) is 36.2 Å². The highest BCUT2D eigenvalue weighted by molar-refractivity contribution is 6.14. The highest BCUT2D eigenvalue weighted by atomic mass is 16.3. The number of hydrogen-bond acceptors (Lipinski definition) is 4. The molecule has 1 aliphatic rings. The number of piperidine rings is 1. The number of carbonyl (C=O) groups is 2. The molecule has 2 aromatic rings. The Kier molecular flexibility index (Phi) is 9.79. The second kappa shape index (κ2) is 12.6. The number of nitrogens with zero attached hydrogens (tertiary/aromatic N) is 2. The van der Waals surface area contributed by atoms with Gasteiger partial charge in [0.15, 0.2) is 5.78 Å². The number of phenolic OH excluding ortho intramolecular Hbond substituents is 1. The number of nitrogens with two attached hydrogens (primary N) is 1. The predicted molar refractivity (Wildman–Crippen MR) is 143 cm³/mol. The SMILES string of the molecule is CCCCCCn1c(C)c(C(N)=O)c2c(CN3CCCCC3)c(O)c(C(=O)CC)c(CCCC)c21. The van der Waals surface area contributed by atoms with Gasteiger partial charge in [-0.25, -0.2) is 0 Å². The van der Waals surface area contributed by atoms with Crippen molar-refractivity contribution < 1.29 is 14.7 Å². The molecular formula is C29H45N3O3. The van der Waals surface area contributed by atoms with E-state index < -0.39 is 5.91 Å². The van der Waals surface area contributed by atoms with Gasteiger partial charge < -0.3 is 15.4 Å². The molecule has 1 aromatic carbocycles. The largest absolute Gasteiger partial charge is 0.507 e. The van der Waals surface area contributed by atoms with Gasteiger partial charge in [-0.15, -0.1) is 0 Å². The average Bonchev–Trinajstić information content (AvgIpc) is 3.14. The summed E-state index contributed by atoms with van der Waals surface area (Å²) >= 11 is 0. The van der Waals surface area contributed by atoms with E-state index in [0.717, 1.165) is 86.7 Å². The van der Waals surface area contributed by atoms with Crippen LogP contribution in [0.2, 0.25) is 0 Å². The first kappa shape index (κ1) is 27.3. The highest BCUT2D eigenvalue weighted by Crippen LogP contribution is 2.42. The van der Waals surface area contributed by atoms with Crippen molar-refractivity contribution in [3.05, 3.63) is 27.9 Å². The minimum atomic E-state index is -0.463. The Morgan fingerprint density at radius 1 is 0.914 bits per heavy atom. The van der Waals surface area contributed by atoms with Gasteiger partial charge in [0.05, 0.1) is 16.6 Å². The number of primary amides is 1. The Morgan fingerprint density at radius 2 is 1.60 bits per heavy atom. The topological polar surface area (TPSA) is 88.6 Å². The van der Waals surface area contributed by atoms with Gasteiger partial charge in [-0.3, -0.25) is 14.5 Å². The van der Waals surface area contributed by atoms with Gasteiger partial charge in [-0.05, 0) is 57.7 Å². The number of carbonyl (C=O) groups excluding carboxylic acids is 2. The minimum absolute atomic E-state index is 0.0348. The van der Waals surface area contributed by atoms with Crippen molar-refractivity contribution in [1.29, 1.82) is 0 Å². The summed E-state index contributed by atoms with van der Waals surface area (Å²) in [7, 11) is 0. The Balaban J connectivity index is 2.35. The van der Waals surface area contributed by atoms with E-state index in [0.29, 0.717) is 36.1 Å². The molecule has 0 aliphatic carbocycles. The molecule has 3 N–H and O–H groups in total. The van der Waals surface area contributed by atoms with Crippen molar-refractivity contribution in [1.82, 2.24) is 9.47 Å². The predicted octanol–water partition coefficient (Wildman–Crippen LogP) is 6.26. The molecule has 0 saturated carbocycles. The van der Waals surface area contributed by atoms with Gasteiger partial charge in [-0.2, -0.15) is 0 Å². The standard InChI is InChI=1S/C29H45N3O3/c1-5-8-10-14-18-32-20(4)24(29(30)35)26-22(19-31-16-12-11-13-17-31)28(34)25(23(33)7-3)21(27(26)32)15-9-6-2/h34H,5-19H2,1-4H3,(H2,30,35). The number of rotatable bonds is 13. The number of amides is 1. The highest BCUT2D eigenvalue weighted by Gasteiger charge is 2.31. The number of fused-ring (bicyclic) bond motifs is 1. The van der Waals surface area contributed by atoms with Gasteiger partial charge in [0.2, 0.25) is 0 Å². The number of ketones is 1. The van der Waals surface area contributed by atoms with Crippen LogP contribution >= 0.6 is 0 Å². The summed E-state index contributed by atoms with van der Waals surface area (Å²) in [6.07, 6.45) is 10.8. The van der Waals surface area contributed by atoms with Crippen LogP contribution in [-0.2, 0) is 19.5 Å². The van der Waals surface area contributed by atoms with Gasteiger partial charge >= 0.3 is 0 Å². The van der Waals surface area contributed by atoms with Crippen molar-refractivity contribution >= 4 is 22.6 Å². The van der Waals surface area contributed by atoms with Crippen LogP contribution in [-0.4, -0.2) is 39.4 Å². The molecule has 0 unspecified atom stereocenters. The fourth-order valence-corrected chi connectivity index (χ4v) is 5.72. The fraction of sp³-hybridized carbons (Fsp3) is 0.655. The number of hydrogen-bond donors (Lipinski definition) is 2. The Hall–Kier alpha value is -2.34. The van der Waals surface area contributed by atoms with E-state index in [1.165, 1.54) is 12.8 Å². The monoisotopic (exact) mass is 483 g/mol. The van der Waals surface area contributed by atoms with Crippen LogP contribution in [0.4, 0.5) is 0 Å². The molecule has 0 spiro atoms. The van der Waals surface area contributed by atoms with Crippen LogP contribution in [0.3, 0.4) is 0 Å².